The average molecular weight is 440 g/mol. The van der Waals surface area contributed by atoms with Gasteiger partial charge in [-0.2, -0.15) is 0 Å². The van der Waals surface area contributed by atoms with Crippen LogP contribution in [0.4, 0.5) is 5.69 Å². The van der Waals surface area contributed by atoms with E-state index in [1.165, 1.54) is 33.5 Å². The summed E-state index contributed by atoms with van der Waals surface area (Å²) < 4.78 is 0. The number of para-hydroxylation sites is 1. The van der Waals surface area contributed by atoms with Gasteiger partial charge in [-0.1, -0.05) is 42.5 Å². The Morgan fingerprint density at radius 1 is 1.00 bits per heavy atom. The van der Waals surface area contributed by atoms with Crippen LogP contribution in [0.2, 0.25) is 0 Å². The summed E-state index contributed by atoms with van der Waals surface area (Å²) in [5.74, 6) is 0.756. The second-order valence-corrected chi connectivity index (χ2v) is 9.62. The molecule has 0 aliphatic carbocycles. The third-order valence-electron chi connectivity index (χ3n) is 7.39. The normalized spacial score (nSPS) is 16.2. The summed E-state index contributed by atoms with van der Waals surface area (Å²) in [7, 11) is 0. The molecular weight excluding hydrogens is 406 g/mol. The zero-order chi connectivity index (χ0) is 22.9. The number of anilines is 1. The minimum Gasteiger partial charge on any atom is -0.366 e. The van der Waals surface area contributed by atoms with Crippen LogP contribution in [0, 0.1) is 13.8 Å². The summed E-state index contributed by atoms with van der Waals surface area (Å²) in [6.45, 7) is 9.69. The highest BCUT2D eigenvalue weighted by Crippen LogP contribution is 2.39. The molecule has 0 unspecified atom stereocenters. The predicted octanol–water partition coefficient (Wildman–Crippen LogP) is 5.65. The molecule has 1 saturated heterocycles. The van der Waals surface area contributed by atoms with E-state index in [-0.39, 0.29) is 5.91 Å². The van der Waals surface area contributed by atoms with Crippen molar-refractivity contribution in [3.05, 3.63) is 82.5 Å². The first-order valence-corrected chi connectivity index (χ1v) is 12.2. The van der Waals surface area contributed by atoms with E-state index in [4.69, 9.17) is 4.98 Å². The summed E-state index contributed by atoms with van der Waals surface area (Å²) in [6, 6.07) is 19.9. The lowest BCUT2D eigenvalue weighted by atomic mass is 9.87. The summed E-state index contributed by atoms with van der Waals surface area (Å²) in [6.07, 6.45) is 3.20. The molecule has 2 aliphatic rings. The van der Waals surface area contributed by atoms with Crippen molar-refractivity contribution in [3.63, 3.8) is 0 Å². The molecule has 2 aromatic carbocycles. The van der Waals surface area contributed by atoms with E-state index in [0.29, 0.717) is 5.92 Å². The van der Waals surface area contributed by atoms with Gasteiger partial charge in [-0.3, -0.25) is 9.78 Å². The van der Waals surface area contributed by atoms with E-state index in [2.05, 4.69) is 73.3 Å². The third kappa shape index (κ3) is 4.39. The summed E-state index contributed by atoms with van der Waals surface area (Å²) in [5.41, 5.74) is 10.3. The number of fused-ring (bicyclic) bond motifs is 1. The first-order valence-electron chi connectivity index (χ1n) is 12.2. The fraction of sp³-hybridized carbons (Fsp3) is 0.379. The van der Waals surface area contributed by atoms with Gasteiger partial charge < -0.3 is 9.80 Å². The fourth-order valence-electron chi connectivity index (χ4n) is 5.48. The van der Waals surface area contributed by atoms with Crippen LogP contribution in [0.1, 0.15) is 53.6 Å². The molecule has 0 spiro atoms. The highest BCUT2D eigenvalue weighted by atomic mass is 16.2. The number of aromatic nitrogens is 1. The first-order chi connectivity index (χ1) is 16.0. The molecule has 33 heavy (non-hydrogen) atoms. The number of carbonyl (C=O) groups is 1. The van der Waals surface area contributed by atoms with Crippen LogP contribution in [0.15, 0.2) is 54.6 Å². The van der Waals surface area contributed by atoms with Crippen molar-refractivity contribution in [3.8, 4) is 11.3 Å². The van der Waals surface area contributed by atoms with Crippen LogP contribution in [-0.2, 0) is 17.8 Å². The Morgan fingerprint density at radius 2 is 1.79 bits per heavy atom. The van der Waals surface area contributed by atoms with Crippen LogP contribution < -0.4 is 4.90 Å². The van der Waals surface area contributed by atoms with Gasteiger partial charge in [-0.05, 0) is 73.4 Å². The number of hydrogen-bond donors (Lipinski definition) is 0. The fourth-order valence-corrected chi connectivity index (χ4v) is 5.48. The van der Waals surface area contributed by atoms with Gasteiger partial charge in [-0.25, -0.2) is 0 Å². The maximum atomic E-state index is 11.6. The molecule has 1 aromatic heterocycles. The van der Waals surface area contributed by atoms with E-state index in [9.17, 15) is 4.79 Å². The standard InChI is InChI=1S/C29H33N3O/c1-20-18-25(23-12-15-31(16-13-23)22(3)33)10-11-26(20)19-32-17-14-24-7-5-8-27(29(24)32)28-9-4-6-21(2)30-28/h4-11,18,23H,12-17,19H2,1-3H3. The summed E-state index contributed by atoms with van der Waals surface area (Å²) in [5, 5.41) is 0. The number of rotatable bonds is 4. The highest BCUT2D eigenvalue weighted by Gasteiger charge is 2.25. The van der Waals surface area contributed by atoms with Crippen LogP contribution in [0.3, 0.4) is 0 Å². The molecule has 170 valence electrons. The largest absolute Gasteiger partial charge is 0.366 e. The van der Waals surface area contributed by atoms with E-state index in [1.54, 1.807) is 6.92 Å². The monoisotopic (exact) mass is 439 g/mol. The first kappa shape index (κ1) is 21.7. The topological polar surface area (TPSA) is 36.4 Å². The molecule has 0 bridgehead atoms. The number of likely N-dealkylation sites (tertiary alicyclic amines) is 1. The van der Waals surface area contributed by atoms with E-state index in [1.807, 2.05) is 4.90 Å². The highest BCUT2D eigenvalue weighted by molar-refractivity contribution is 5.81. The molecule has 2 aliphatic heterocycles. The molecule has 4 nitrogen and oxygen atoms in total. The lowest BCUT2D eigenvalue weighted by molar-refractivity contribution is -0.129. The Kier molecular flexibility index (Phi) is 5.92. The van der Waals surface area contributed by atoms with E-state index < -0.39 is 0 Å². The quantitative estimate of drug-likeness (QED) is 0.527. The Balaban J connectivity index is 1.36. The van der Waals surface area contributed by atoms with E-state index >= 15 is 0 Å². The number of aryl methyl sites for hydroxylation is 2. The average Bonchev–Trinajstić information content (AvgIpc) is 3.23. The number of pyridine rings is 1. The molecule has 0 radical (unpaired) electrons. The molecule has 3 aromatic rings. The molecule has 0 N–H and O–H groups in total. The van der Waals surface area contributed by atoms with Crippen molar-refractivity contribution in [2.45, 2.75) is 52.5 Å². The SMILES string of the molecule is CC(=O)N1CCC(c2ccc(CN3CCc4cccc(-c5cccc(C)n5)c43)c(C)c2)CC1. The van der Waals surface area contributed by atoms with Gasteiger partial charge >= 0.3 is 0 Å². The minimum absolute atomic E-state index is 0.200. The maximum absolute atomic E-state index is 11.6. The number of benzene rings is 2. The van der Waals surface area contributed by atoms with Crippen LogP contribution in [-0.4, -0.2) is 35.4 Å². The predicted molar refractivity (Wildman–Crippen MR) is 135 cm³/mol. The Hall–Kier alpha value is -3.14. The Morgan fingerprint density at radius 3 is 2.52 bits per heavy atom. The summed E-state index contributed by atoms with van der Waals surface area (Å²) in [4.78, 5) is 21.0. The molecular formula is C29H33N3O. The maximum Gasteiger partial charge on any atom is 0.219 e. The Bertz CT molecular complexity index is 1180. The Labute approximate surface area is 197 Å². The van der Waals surface area contributed by atoms with Gasteiger partial charge in [0.15, 0.2) is 0 Å². The van der Waals surface area contributed by atoms with Crippen molar-refractivity contribution in [2.75, 3.05) is 24.5 Å². The van der Waals surface area contributed by atoms with Crippen molar-refractivity contribution < 1.29 is 4.79 Å². The van der Waals surface area contributed by atoms with Gasteiger partial charge in [0.25, 0.3) is 0 Å². The molecule has 1 fully saturated rings. The lowest BCUT2D eigenvalue weighted by Gasteiger charge is -2.32. The third-order valence-corrected chi connectivity index (χ3v) is 7.39. The molecule has 0 atom stereocenters. The second kappa shape index (κ2) is 9.01. The molecule has 4 heteroatoms. The minimum atomic E-state index is 0.200. The van der Waals surface area contributed by atoms with Crippen LogP contribution >= 0.6 is 0 Å². The van der Waals surface area contributed by atoms with Crippen LogP contribution in [0.5, 0.6) is 0 Å². The van der Waals surface area contributed by atoms with E-state index in [0.717, 1.165) is 56.8 Å². The molecule has 0 saturated carbocycles. The van der Waals surface area contributed by atoms with Crippen molar-refractivity contribution in [2.24, 2.45) is 0 Å². The van der Waals surface area contributed by atoms with Gasteiger partial charge in [0.2, 0.25) is 5.91 Å². The van der Waals surface area contributed by atoms with Crippen molar-refractivity contribution >= 4 is 11.6 Å². The number of piperidine rings is 1. The molecule has 5 rings (SSSR count). The zero-order valence-electron chi connectivity index (χ0n) is 20.0. The second-order valence-electron chi connectivity index (χ2n) is 9.62. The van der Waals surface area contributed by atoms with Gasteiger partial charge in [0, 0.05) is 50.0 Å². The van der Waals surface area contributed by atoms with Gasteiger partial charge in [0.1, 0.15) is 0 Å². The van der Waals surface area contributed by atoms with Gasteiger partial charge in [0.05, 0.1) is 5.69 Å². The van der Waals surface area contributed by atoms with Crippen molar-refractivity contribution in [1.29, 1.82) is 0 Å². The van der Waals surface area contributed by atoms with Crippen LogP contribution in [0.25, 0.3) is 11.3 Å². The smallest absolute Gasteiger partial charge is 0.219 e. The number of hydrogen-bond acceptors (Lipinski definition) is 3. The number of amides is 1. The lowest BCUT2D eigenvalue weighted by Crippen LogP contribution is -2.36. The summed E-state index contributed by atoms with van der Waals surface area (Å²) >= 11 is 0. The number of nitrogens with zero attached hydrogens (tertiary/aromatic N) is 3. The molecule has 3 heterocycles. The zero-order valence-corrected chi connectivity index (χ0v) is 20.0. The number of carbonyl (C=O) groups excluding carboxylic acids is 1. The van der Waals surface area contributed by atoms with Crippen molar-refractivity contribution in [1.82, 2.24) is 9.88 Å². The van der Waals surface area contributed by atoms with Gasteiger partial charge in [-0.15, -0.1) is 0 Å². The molecule has 1 amide bonds.